The maximum absolute atomic E-state index is 12.9. The van der Waals surface area contributed by atoms with E-state index < -0.39 is 11.7 Å². The topological polar surface area (TPSA) is 53.5 Å². The summed E-state index contributed by atoms with van der Waals surface area (Å²) in [6.07, 6.45) is -0.535. The molecular weight excluding hydrogens is 395 g/mol. The van der Waals surface area contributed by atoms with Gasteiger partial charge in [0.1, 0.15) is 5.82 Å². The number of benzene rings is 1. The van der Waals surface area contributed by atoms with Gasteiger partial charge in [-0.3, -0.25) is 4.90 Å². The lowest BCUT2D eigenvalue weighted by molar-refractivity contribution is -0.137. The average molecular weight is 421 g/mol. The first-order valence-electron chi connectivity index (χ1n) is 10.3. The first-order valence-corrected chi connectivity index (χ1v) is 10.3. The number of hydrogen-bond donors (Lipinski definition) is 1. The largest absolute Gasteiger partial charge is 0.416 e. The molecule has 30 heavy (non-hydrogen) atoms. The summed E-state index contributed by atoms with van der Waals surface area (Å²) in [6.45, 7) is 5.65. The van der Waals surface area contributed by atoms with Crippen LogP contribution in [-0.4, -0.2) is 60.3 Å². The van der Waals surface area contributed by atoms with Gasteiger partial charge in [-0.25, -0.2) is 4.98 Å². The summed E-state index contributed by atoms with van der Waals surface area (Å²) >= 11 is 0. The van der Waals surface area contributed by atoms with Crippen molar-refractivity contribution in [2.24, 2.45) is 0 Å². The summed E-state index contributed by atoms with van der Waals surface area (Å²) in [5.41, 5.74) is -0.0929. The van der Waals surface area contributed by atoms with Crippen LogP contribution in [0.4, 0.5) is 24.9 Å². The van der Waals surface area contributed by atoms with Crippen molar-refractivity contribution in [2.75, 3.05) is 49.6 Å². The van der Waals surface area contributed by atoms with Crippen molar-refractivity contribution in [3.05, 3.63) is 47.7 Å². The maximum atomic E-state index is 12.9. The Bertz CT molecular complexity index is 833. The van der Waals surface area contributed by atoms with Crippen LogP contribution in [0.3, 0.4) is 0 Å². The molecule has 0 saturated carbocycles. The molecule has 1 aromatic heterocycles. The quantitative estimate of drug-likeness (QED) is 0.799. The Morgan fingerprint density at radius 2 is 1.83 bits per heavy atom. The number of nitrogens with one attached hydrogen (secondary N) is 1. The minimum atomic E-state index is -4.34. The van der Waals surface area contributed by atoms with E-state index in [0.717, 1.165) is 64.4 Å². The van der Waals surface area contributed by atoms with Crippen LogP contribution in [0, 0.1) is 0 Å². The third-order valence-electron chi connectivity index (χ3n) is 5.68. The molecule has 6 nitrogen and oxygen atoms in total. The van der Waals surface area contributed by atoms with E-state index >= 15 is 0 Å². The van der Waals surface area contributed by atoms with Gasteiger partial charge >= 0.3 is 6.18 Å². The number of halogens is 3. The summed E-state index contributed by atoms with van der Waals surface area (Å²) in [7, 11) is 0. The molecule has 0 amide bonds. The first kappa shape index (κ1) is 20.9. The fraction of sp³-hybridized carbons (Fsp3) is 0.524. The summed E-state index contributed by atoms with van der Waals surface area (Å²) in [5.74, 6) is 1.26. The van der Waals surface area contributed by atoms with Crippen LogP contribution in [0.25, 0.3) is 0 Å². The smallest absolute Gasteiger partial charge is 0.379 e. The zero-order valence-electron chi connectivity index (χ0n) is 16.7. The predicted octanol–water partition coefficient (Wildman–Crippen LogP) is 3.41. The van der Waals surface area contributed by atoms with Gasteiger partial charge in [0.05, 0.1) is 18.8 Å². The van der Waals surface area contributed by atoms with E-state index in [-0.39, 0.29) is 6.54 Å². The van der Waals surface area contributed by atoms with Gasteiger partial charge in [-0.15, -0.1) is 0 Å². The molecule has 2 saturated heterocycles. The van der Waals surface area contributed by atoms with Crippen LogP contribution in [0.15, 0.2) is 36.5 Å². The van der Waals surface area contributed by atoms with Crippen LogP contribution in [0.2, 0.25) is 0 Å². The Morgan fingerprint density at radius 3 is 2.57 bits per heavy atom. The third kappa shape index (κ3) is 5.20. The highest BCUT2D eigenvalue weighted by Crippen LogP contribution is 2.29. The number of anilines is 2. The standard InChI is InChI=1S/C21H26F3N5O/c22-21(23,24)17-3-1-2-16(14-17)15-26-19-4-7-25-20(27-19)29-8-5-18(6-9-29)28-10-12-30-13-11-28/h1-4,7,14,18H,5-6,8-13,15H2,(H,25,26,27). The highest BCUT2D eigenvalue weighted by atomic mass is 19.4. The SMILES string of the molecule is FC(F)(F)c1cccc(CNc2ccnc(N3CCC(N4CCOCC4)CC3)n2)c1. The van der Waals surface area contributed by atoms with Gasteiger partial charge in [0.25, 0.3) is 0 Å². The van der Waals surface area contributed by atoms with E-state index in [9.17, 15) is 13.2 Å². The molecule has 0 unspecified atom stereocenters. The lowest BCUT2D eigenvalue weighted by atomic mass is 10.0. The van der Waals surface area contributed by atoms with Gasteiger partial charge in [-0.1, -0.05) is 12.1 Å². The molecule has 2 aliphatic heterocycles. The molecule has 0 bridgehead atoms. The molecule has 4 rings (SSSR count). The van der Waals surface area contributed by atoms with Crippen molar-refractivity contribution >= 4 is 11.8 Å². The summed E-state index contributed by atoms with van der Waals surface area (Å²) in [5, 5.41) is 3.11. The molecule has 1 aromatic carbocycles. The Balaban J connectivity index is 1.33. The number of hydrogen-bond acceptors (Lipinski definition) is 6. The fourth-order valence-electron chi connectivity index (χ4n) is 4.02. The van der Waals surface area contributed by atoms with E-state index in [0.29, 0.717) is 23.4 Å². The van der Waals surface area contributed by atoms with Crippen LogP contribution >= 0.6 is 0 Å². The highest BCUT2D eigenvalue weighted by molar-refractivity contribution is 5.42. The summed E-state index contributed by atoms with van der Waals surface area (Å²) in [4.78, 5) is 13.6. The summed E-state index contributed by atoms with van der Waals surface area (Å²) < 4.78 is 44.1. The Morgan fingerprint density at radius 1 is 1.07 bits per heavy atom. The van der Waals surface area contributed by atoms with Crippen LogP contribution in [0.5, 0.6) is 0 Å². The number of aromatic nitrogens is 2. The molecule has 3 heterocycles. The predicted molar refractivity (Wildman–Crippen MR) is 108 cm³/mol. The Hall–Kier alpha value is -2.39. The number of ether oxygens (including phenoxy) is 1. The van der Waals surface area contributed by atoms with Gasteiger partial charge in [0, 0.05) is 45.0 Å². The zero-order valence-corrected chi connectivity index (χ0v) is 16.7. The van der Waals surface area contributed by atoms with Crippen molar-refractivity contribution < 1.29 is 17.9 Å². The van der Waals surface area contributed by atoms with Gasteiger partial charge in [0.15, 0.2) is 0 Å². The van der Waals surface area contributed by atoms with Gasteiger partial charge in [-0.05, 0) is 36.6 Å². The van der Waals surface area contributed by atoms with Crippen molar-refractivity contribution in [3.63, 3.8) is 0 Å². The van der Waals surface area contributed by atoms with E-state index in [1.807, 2.05) is 0 Å². The number of alkyl halides is 3. The molecule has 0 spiro atoms. The van der Waals surface area contributed by atoms with Crippen molar-refractivity contribution in [1.82, 2.24) is 14.9 Å². The lowest BCUT2D eigenvalue weighted by Gasteiger charge is -2.40. The third-order valence-corrected chi connectivity index (χ3v) is 5.68. The van der Waals surface area contributed by atoms with E-state index in [2.05, 4.69) is 25.1 Å². The molecule has 1 N–H and O–H groups in total. The van der Waals surface area contributed by atoms with Gasteiger partial charge in [0.2, 0.25) is 5.95 Å². The van der Waals surface area contributed by atoms with Crippen LogP contribution in [-0.2, 0) is 17.5 Å². The molecule has 0 aliphatic carbocycles. The number of nitrogens with zero attached hydrogens (tertiary/aromatic N) is 4. The first-order chi connectivity index (χ1) is 14.5. The molecule has 162 valence electrons. The van der Waals surface area contributed by atoms with E-state index in [1.54, 1.807) is 18.3 Å². The van der Waals surface area contributed by atoms with Crippen molar-refractivity contribution in [3.8, 4) is 0 Å². The molecule has 9 heteroatoms. The fourth-order valence-corrected chi connectivity index (χ4v) is 4.02. The summed E-state index contributed by atoms with van der Waals surface area (Å²) in [6, 6.07) is 7.63. The van der Waals surface area contributed by atoms with Gasteiger partial charge in [-0.2, -0.15) is 18.2 Å². The minimum Gasteiger partial charge on any atom is -0.379 e. The minimum absolute atomic E-state index is 0.263. The molecule has 0 radical (unpaired) electrons. The second kappa shape index (κ2) is 9.18. The van der Waals surface area contributed by atoms with Crippen molar-refractivity contribution in [2.45, 2.75) is 31.6 Å². The number of rotatable bonds is 5. The molecule has 0 atom stereocenters. The van der Waals surface area contributed by atoms with Crippen LogP contribution < -0.4 is 10.2 Å². The van der Waals surface area contributed by atoms with Gasteiger partial charge < -0.3 is 15.0 Å². The molecular formula is C21H26F3N5O. The number of piperidine rings is 1. The zero-order chi connectivity index (χ0) is 21.0. The van der Waals surface area contributed by atoms with E-state index in [1.165, 1.54) is 6.07 Å². The molecule has 2 aromatic rings. The van der Waals surface area contributed by atoms with Crippen LogP contribution in [0.1, 0.15) is 24.0 Å². The van der Waals surface area contributed by atoms with E-state index in [4.69, 9.17) is 4.74 Å². The number of morpholine rings is 1. The highest BCUT2D eigenvalue weighted by Gasteiger charge is 2.30. The Labute approximate surface area is 174 Å². The van der Waals surface area contributed by atoms with Crippen molar-refractivity contribution in [1.29, 1.82) is 0 Å². The molecule has 2 fully saturated rings. The second-order valence-electron chi connectivity index (χ2n) is 7.66. The monoisotopic (exact) mass is 421 g/mol. The average Bonchev–Trinajstić information content (AvgIpc) is 2.78. The second-order valence-corrected chi connectivity index (χ2v) is 7.66. The maximum Gasteiger partial charge on any atom is 0.416 e. The Kier molecular flexibility index (Phi) is 6.38. The normalized spacial score (nSPS) is 19.1. The molecule has 2 aliphatic rings. The lowest BCUT2D eigenvalue weighted by Crippen LogP contribution is -2.49.